The summed E-state index contributed by atoms with van der Waals surface area (Å²) in [6, 6.07) is 12.4. The highest BCUT2D eigenvalue weighted by Crippen LogP contribution is 2.23. The predicted molar refractivity (Wildman–Crippen MR) is 119 cm³/mol. The first kappa shape index (κ1) is 21.2. The van der Waals surface area contributed by atoms with Gasteiger partial charge in [-0.15, -0.1) is 0 Å². The minimum atomic E-state index is -0.252. The molecule has 0 aromatic heterocycles. The average Bonchev–Trinajstić information content (AvgIpc) is 3.24. The standard InChI is InChI=1S/C22H27FN4OS/c1-16(25-26-22(29)24-14-17-5-8-20(23)9-6-17)18-7-10-21(28-2)19(13-18)15-27-11-3-4-12-27/h5-10,13H,3-4,11-12,14-15H2,1-2H3,(H2,24,26,29)/b25-16-. The summed E-state index contributed by atoms with van der Waals surface area (Å²) in [6.45, 7) is 5.60. The number of nitrogens with zero attached hydrogens (tertiary/aromatic N) is 2. The zero-order valence-corrected chi connectivity index (χ0v) is 17.7. The third-order valence-electron chi connectivity index (χ3n) is 4.98. The van der Waals surface area contributed by atoms with Gasteiger partial charge in [-0.25, -0.2) is 4.39 Å². The van der Waals surface area contributed by atoms with Gasteiger partial charge in [0.1, 0.15) is 11.6 Å². The highest BCUT2D eigenvalue weighted by atomic mass is 32.1. The van der Waals surface area contributed by atoms with Crippen molar-refractivity contribution in [1.82, 2.24) is 15.6 Å². The number of hydrazone groups is 1. The summed E-state index contributed by atoms with van der Waals surface area (Å²) in [5.74, 6) is 0.649. The number of hydrogen-bond donors (Lipinski definition) is 2. The first-order valence-corrected chi connectivity index (χ1v) is 10.2. The van der Waals surface area contributed by atoms with E-state index in [4.69, 9.17) is 17.0 Å². The first-order chi connectivity index (χ1) is 14.0. The van der Waals surface area contributed by atoms with Crippen LogP contribution in [0.3, 0.4) is 0 Å². The molecule has 5 nitrogen and oxygen atoms in total. The Hall–Kier alpha value is -2.51. The molecule has 1 aliphatic rings. The molecule has 2 N–H and O–H groups in total. The second kappa shape index (κ2) is 10.3. The van der Waals surface area contributed by atoms with Gasteiger partial charge < -0.3 is 10.1 Å². The van der Waals surface area contributed by atoms with Crippen molar-refractivity contribution in [1.29, 1.82) is 0 Å². The molecule has 0 amide bonds. The van der Waals surface area contributed by atoms with Crippen LogP contribution in [0.1, 0.15) is 36.5 Å². The molecule has 2 aromatic rings. The lowest BCUT2D eigenvalue weighted by Crippen LogP contribution is -2.32. The summed E-state index contributed by atoms with van der Waals surface area (Å²) >= 11 is 5.28. The molecule has 1 heterocycles. The molecule has 154 valence electrons. The molecule has 7 heteroatoms. The van der Waals surface area contributed by atoms with Gasteiger partial charge >= 0.3 is 0 Å². The Kier molecular flexibility index (Phi) is 7.55. The number of hydrogen-bond acceptors (Lipinski definition) is 4. The number of ether oxygens (including phenoxy) is 1. The summed E-state index contributed by atoms with van der Waals surface area (Å²) in [4.78, 5) is 2.45. The van der Waals surface area contributed by atoms with Crippen molar-refractivity contribution in [2.45, 2.75) is 32.9 Å². The van der Waals surface area contributed by atoms with E-state index >= 15 is 0 Å². The largest absolute Gasteiger partial charge is 0.496 e. The molecule has 29 heavy (non-hydrogen) atoms. The molecular formula is C22H27FN4OS. The van der Waals surface area contributed by atoms with Gasteiger partial charge in [-0.1, -0.05) is 12.1 Å². The fourth-order valence-corrected chi connectivity index (χ4v) is 3.45. The third-order valence-corrected chi connectivity index (χ3v) is 5.22. The van der Waals surface area contributed by atoms with E-state index < -0.39 is 0 Å². The van der Waals surface area contributed by atoms with Gasteiger partial charge in [-0.2, -0.15) is 5.10 Å². The Morgan fingerprint density at radius 1 is 1.17 bits per heavy atom. The average molecular weight is 415 g/mol. The van der Waals surface area contributed by atoms with E-state index in [1.165, 1.54) is 30.5 Å². The minimum absolute atomic E-state index is 0.252. The lowest BCUT2D eigenvalue weighted by atomic mass is 10.1. The van der Waals surface area contributed by atoms with Crippen LogP contribution >= 0.6 is 12.2 Å². The molecule has 1 aliphatic heterocycles. The van der Waals surface area contributed by atoms with Crippen LogP contribution in [0.25, 0.3) is 0 Å². The Morgan fingerprint density at radius 2 is 1.90 bits per heavy atom. The van der Waals surface area contributed by atoms with E-state index in [-0.39, 0.29) is 5.82 Å². The second-order valence-corrected chi connectivity index (χ2v) is 7.54. The molecule has 0 bridgehead atoms. The normalized spacial score (nSPS) is 14.7. The van der Waals surface area contributed by atoms with Crippen molar-refractivity contribution >= 4 is 23.0 Å². The SMILES string of the molecule is COc1ccc(/C(C)=N\NC(=S)NCc2ccc(F)cc2)cc1CN1CCCC1. The molecule has 2 aromatic carbocycles. The molecule has 3 rings (SSSR count). The number of thiocarbonyl (C=S) groups is 1. The van der Waals surface area contributed by atoms with Crippen LogP contribution in [-0.4, -0.2) is 35.9 Å². The van der Waals surface area contributed by atoms with E-state index in [1.807, 2.05) is 19.1 Å². The van der Waals surface area contributed by atoms with Gasteiger partial charge in [0.25, 0.3) is 0 Å². The second-order valence-electron chi connectivity index (χ2n) is 7.13. The van der Waals surface area contributed by atoms with E-state index in [9.17, 15) is 4.39 Å². The molecule has 0 aliphatic carbocycles. The molecule has 0 atom stereocenters. The van der Waals surface area contributed by atoms with Crippen molar-refractivity contribution in [3.8, 4) is 5.75 Å². The van der Waals surface area contributed by atoms with Gasteiger partial charge in [0.15, 0.2) is 5.11 Å². The summed E-state index contributed by atoms with van der Waals surface area (Å²) < 4.78 is 18.5. The lowest BCUT2D eigenvalue weighted by Gasteiger charge is -2.18. The highest BCUT2D eigenvalue weighted by Gasteiger charge is 2.15. The number of methoxy groups -OCH3 is 1. The molecule has 1 saturated heterocycles. The molecule has 1 fully saturated rings. The minimum Gasteiger partial charge on any atom is -0.496 e. The Morgan fingerprint density at radius 3 is 2.59 bits per heavy atom. The quantitative estimate of drug-likeness (QED) is 0.410. The summed E-state index contributed by atoms with van der Waals surface area (Å²) in [5, 5.41) is 7.88. The number of nitrogens with one attached hydrogen (secondary N) is 2. The molecule has 0 radical (unpaired) electrons. The molecule has 0 spiro atoms. The lowest BCUT2D eigenvalue weighted by molar-refractivity contribution is 0.321. The fourth-order valence-electron chi connectivity index (χ4n) is 3.33. The van der Waals surface area contributed by atoms with Crippen molar-refractivity contribution in [2.24, 2.45) is 5.10 Å². The Balaban J connectivity index is 1.59. The van der Waals surface area contributed by atoms with Crippen LogP contribution in [0.4, 0.5) is 4.39 Å². The van der Waals surface area contributed by atoms with Crippen LogP contribution in [0.5, 0.6) is 5.75 Å². The summed E-state index contributed by atoms with van der Waals surface area (Å²) in [7, 11) is 1.70. The van der Waals surface area contributed by atoms with Gasteiger partial charge in [0, 0.05) is 18.7 Å². The first-order valence-electron chi connectivity index (χ1n) is 9.77. The zero-order chi connectivity index (χ0) is 20.6. The van der Waals surface area contributed by atoms with Crippen molar-refractivity contribution in [3.05, 3.63) is 65.0 Å². The van der Waals surface area contributed by atoms with Crippen LogP contribution in [0.15, 0.2) is 47.6 Å². The van der Waals surface area contributed by atoms with Gasteiger partial charge in [-0.3, -0.25) is 10.3 Å². The highest BCUT2D eigenvalue weighted by molar-refractivity contribution is 7.80. The predicted octanol–water partition coefficient (Wildman–Crippen LogP) is 3.82. The summed E-state index contributed by atoms with van der Waals surface area (Å²) in [6.07, 6.45) is 2.52. The maximum absolute atomic E-state index is 13.0. The summed E-state index contributed by atoms with van der Waals surface area (Å²) in [5.41, 5.74) is 6.84. The van der Waals surface area contributed by atoms with E-state index in [1.54, 1.807) is 19.2 Å². The molecular weight excluding hydrogens is 387 g/mol. The van der Waals surface area contributed by atoms with Gasteiger partial charge in [-0.05, 0) is 86.5 Å². The van der Waals surface area contributed by atoms with Gasteiger partial charge in [0.05, 0.1) is 12.8 Å². The van der Waals surface area contributed by atoms with Crippen LogP contribution in [-0.2, 0) is 13.1 Å². The maximum atomic E-state index is 13.0. The van der Waals surface area contributed by atoms with Crippen molar-refractivity contribution in [2.75, 3.05) is 20.2 Å². The molecule has 0 unspecified atom stereocenters. The monoisotopic (exact) mass is 414 g/mol. The van der Waals surface area contributed by atoms with E-state index in [2.05, 4.69) is 26.8 Å². The number of rotatable bonds is 7. The van der Waals surface area contributed by atoms with E-state index in [0.29, 0.717) is 11.7 Å². The Bertz CT molecular complexity index is 864. The third kappa shape index (κ3) is 6.24. The Labute approximate surface area is 176 Å². The zero-order valence-electron chi connectivity index (χ0n) is 16.9. The van der Waals surface area contributed by atoms with Crippen molar-refractivity contribution < 1.29 is 9.13 Å². The van der Waals surface area contributed by atoms with Crippen LogP contribution < -0.4 is 15.5 Å². The van der Waals surface area contributed by atoms with Gasteiger partial charge in [0.2, 0.25) is 0 Å². The molecule has 0 saturated carbocycles. The number of halogens is 1. The topological polar surface area (TPSA) is 48.9 Å². The maximum Gasteiger partial charge on any atom is 0.187 e. The van der Waals surface area contributed by atoms with Crippen LogP contribution in [0, 0.1) is 5.82 Å². The van der Waals surface area contributed by atoms with E-state index in [0.717, 1.165) is 42.2 Å². The smallest absolute Gasteiger partial charge is 0.187 e. The van der Waals surface area contributed by atoms with Crippen LogP contribution in [0.2, 0.25) is 0 Å². The number of likely N-dealkylation sites (tertiary alicyclic amines) is 1. The fraction of sp³-hybridized carbons (Fsp3) is 0.364. The number of benzene rings is 2. The van der Waals surface area contributed by atoms with Crippen molar-refractivity contribution in [3.63, 3.8) is 0 Å².